The lowest BCUT2D eigenvalue weighted by Gasteiger charge is -2.13. The molecule has 0 aliphatic rings. The van der Waals surface area contributed by atoms with Crippen molar-refractivity contribution in [1.82, 2.24) is 5.32 Å². The number of rotatable bonds is 6. The van der Waals surface area contributed by atoms with Gasteiger partial charge in [0.1, 0.15) is 5.75 Å². The number of aryl methyl sites for hydroxylation is 1. The maximum absolute atomic E-state index is 12.6. The van der Waals surface area contributed by atoms with E-state index in [0.29, 0.717) is 23.0 Å². The van der Waals surface area contributed by atoms with Gasteiger partial charge >= 0.3 is 0 Å². The largest absolute Gasteiger partial charge is 0.496 e. The molecule has 0 aliphatic heterocycles. The van der Waals surface area contributed by atoms with Gasteiger partial charge in [0.25, 0.3) is 15.9 Å². The molecule has 0 aromatic heterocycles. The van der Waals surface area contributed by atoms with Crippen LogP contribution in [0.5, 0.6) is 5.75 Å². The SMILES string of the molecule is CCNC(=O)c1cc(S(=O)(=O)Nc2ccc(C)c(Cl)c2)ccc1OC. The minimum Gasteiger partial charge on any atom is -0.496 e. The molecule has 2 N–H and O–H groups in total. The van der Waals surface area contributed by atoms with Crippen LogP contribution in [0.25, 0.3) is 0 Å². The van der Waals surface area contributed by atoms with Crippen molar-refractivity contribution in [1.29, 1.82) is 0 Å². The van der Waals surface area contributed by atoms with E-state index in [-0.39, 0.29) is 10.5 Å². The van der Waals surface area contributed by atoms with Crippen molar-refractivity contribution in [2.75, 3.05) is 18.4 Å². The molecule has 0 spiro atoms. The van der Waals surface area contributed by atoms with Crippen molar-refractivity contribution in [2.45, 2.75) is 18.7 Å². The molecule has 134 valence electrons. The standard InChI is InChI=1S/C17H19ClN2O4S/c1-4-19-17(21)14-10-13(7-8-16(14)24-3)25(22,23)20-12-6-5-11(2)15(18)9-12/h5-10,20H,4H2,1-3H3,(H,19,21). The molecule has 6 nitrogen and oxygen atoms in total. The average Bonchev–Trinajstić information content (AvgIpc) is 2.57. The minimum absolute atomic E-state index is 0.0498. The number of ether oxygens (including phenoxy) is 1. The van der Waals surface area contributed by atoms with Crippen LogP contribution in [0.2, 0.25) is 5.02 Å². The Labute approximate surface area is 152 Å². The topological polar surface area (TPSA) is 84.5 Å². The lowest BCUT2D eigenvalue weighted by molar-refractivity contribution is 0.0952. The fourth-order valence-electron chi connectivity index (χ4n) is 2.16. The summed E-state index contributed by atoms with van der Waals surface area (Å²) in [5.74, 6) is -0.113. The number of hydrogen-bond acceptors (Lipinski definition) is 4. The Hall–Kier alpha value is -2.25. The van der Waals surface area contributed by atoms with E-state index in [1.165, 1.54) is 31.4 Å². The molecule has 8 heteroatoms. The van der Waals surface area contributed by atoms with E-state index in [9.17, 15) is 13.2 Å². The highest BCUT2D eigenvalue weighted by Crippen LogP contribution is 2.26. The molecule has 0 unspecified atom stereocenters. The van der Waals surface area contributed by atoms with Crippen LogP contribution in [0.15, 0.2) is 41.3 Å². The third kappa shape index (κ3) is 4.43. The van der Waals surface area contributed by atoms with Crippen LogP contribution >= 0.6 is 11.6 Å². The monoisotopic (exact) mass is 382 g/mol. The van der Waals surface area contributed by atoms with Crippen LogP contribution in [-0.2, 0) is 10.0 Å². The summed E-state index contributed by atoms with van der Waals surface area (Å²) in [6.07, 6.45) is 0. The number of halogens is 1. The summed E-state index contributed by atoms with van der Waals surface area (Å²) < 4.78 is 32.8. The van der Waals surface area contributed by atoms with Gasteiger partial charge in [-0.05, 0) is 49.7 Å². The maximum atomic E-state index is 12.6. The Morgan fingerprint density at radius 3 is 2.52 bits per heavy atom. The normalized spacial score (nSPS) is 11.0. The Kier molecular flexibility index (Phi) is 5.92. The number of carbonyl (C=O) groups excluding carboxylic acids is 1. The number of methoxy groups -OCH3 is 1. The first-order valence-corrected chi connectivity index (χ1v) is 9.39. The van der Waals surface area contributed by atoms with Gasteiger partial charge in [-0.15, -0.1) is 0 Å². The lowest BCUT2D eigenvalue weighted by Crippen LogP contribution is -2.24. The fraction of sp³-hybridized carbons (Fsp3) is 0.235. The van der Waals surface area contributed by atoms with Crippen molar-refractivity contribution in [3.63, 3.8) is 0 Å². The van der Waals surface area contributed by atoms with Gasteiger partial charge in [0, 0.05) is 11.6 Å². The maximum Gasteiger partial charge on any atom is 0.261 e. The van der Waals surface area contributed by atoms with Crippen LogP contribution in [0.4, 0.5) is 5.69 Å². The molecule has 1 amide bonds. The average molecular weight is 383 g/mol. The zero-order valence-corrected chi connectivity index (χ0v) is 15.7. The molecule has 2 rings (SSSR count). The molecular formula is C17H19ClN2O4S. The van der Waals surface area contributed by atoms with E-state index in [1.807, 2.05) is 6.92 Å². The molecule has 0 saturated carbocycles. The first kappa shape index (κ1) is 19.1. The van der Waals surface area contributed by atoms with Gasteiger partial charge in [-0.2, -0.15) is 0 Å². The van der Waals surface area contributed by atoms with Gasteiger partial charge in [0.15, 0.2) is 0 Å². The predicted octanol–water partition coefficient (Wildman–Crippen LogP) is 3.21. The van der Waals surface area contributed by atoms with Crippen LogP contribution < -0.4 is 14.8 Å². The first-order chi connectivity index (χ1) is 11.8. The minimum atomic E-state index is -3.88. The second kappa shape index (κ2) is 7.76. The van der Waals surface area contributed by atoms with E-state index in [1.54, 1.807) is 19.1 Å². The molecule has 0 saturated heterocycles. The Bertz CT molecular complexity index is 898. The van der Waals surface area contributed by atoms with Crippen LogP contribution in [0.1, 0.15) is 22.8 Å². The van der Waals surface area contributed by atoms with E-state index in [4.69, 9.17) is 16.3 Å². The van der Waals surface area contributed by atoms with Crippen LogP contribution in [0.3, 0.4) is 0 Å². The number of carbonyl (C=O) groups is 1. The van der Waals surface area contributed by atoms with Gasteiger partial charge in [0.2, 0.25) is 0 Å². The number of amides is 1. The highest BCUT2D eigenvalue weighted by atomic mass is 35.5. The summed E-state index contributed by atoms with van der Waals surface area (Å²) in [4.78, 5) is 12.1. The number of benzene rings is 2. The molecule has 2 aromatic carbocycles. The van der Waals surface area contributed by atoms with Crippen LogP contribution in [-0.4, -0.2) is 28.0 Å². The summed E-state index contributed by atoms with van der Waals surface area (Å²) in [7, 11) is -2.47. The van der Waals surface area contributed by atoms with Crippen molar-refractivity contribution >= 4 is 33.2 Å². The molecule has 0 bridgehead atoms. The summed E-state index contributed by atoms with van der Waals surface area (Å²) >= 11 is 6.03. The van der Waals surface area contributed by atoms with E-state index in [0.717, 1.165) is 5.56 Å². The third-order valence-corrected chi connectivity index (χ3v) is 5.27. The number of sulfonamides is 1. The first-order valence-electron chi connectivity index (χ1n) is 7.53. The molecule has 25 heavy (non-hydrogen) atoms. The molecule has 0 heterocycles. The molecular weight excluding hydrogens is 364 g/mol. The number of nitrogens with one attached hydrogen (secondary N) is 2. The predicted molar refractivity (Wildman–Crippen MR) is 98.0 cm³/mol. The van der Waals surface area contributed by atoms with Crippen LogP contribution in [0, 0.1) is 6.92 Å². The lowest BCUT2D eigenvalue weighted by atomic mass is 10.2. The Morgan fingerprint density at radius 2 is 1.92 bits per heavy atom. The summed E-state index contributed by atoms with van der Waals surface area (Å²) in [5.41, 5.74) is 1.33. The third-order valence-electron chi connectivity index (χ3n) is 3.49. The highest BCUT2D eigenvalue weighted by Gasteiger charge is 2.20. The van der Waals surface area contributed by atoms with Gasteiger partial charge in [0.05, 0.1) is 23.3 Å². The van der Waals surface area contributed by atoms with Crippen molar-refractivity contribution < 1.29 is 17.9 Å². The smallest absolute Gasteiger partial charge is 0.261 e. The fourth-order valence-corrected chi connectivity index (χ4v) is 3.41. The summed E-state index contributed by atoms with van der Waals surface area (Å²) in [6.45, 7) is 4.01. The van der Waals surface area contributed by atoms with E-state index in [2.05, 4.69) is 10.0 Å². The number of hydrogen-bond donors (Lipinski definition) is 2. The Balaban J connectivity index is 2.40. The highest BCUT2D eigenvalue weighted by molar-refractivity contribution is 7.92. The second-order valence-corrected chi connectivity index (χ2v) is 7.38. The van der Waals surface area contributed by atoms with Crippen molar-refractivity contribution in [2.24, 2.45) is 0 Å². The van der Waals surface area contributed by atoms with Gasteiger partial charge in [-0.3, -0.25) is 9.52 Å². The van der Waals surface area contributed by atoms with Gasteiger partial charge < -0.3 is 10.1 Å². The van der Waals surface area contributed by atoms with Gasteiger partial charge in [-0.25, -0.2) is 8.42 Å². The molecule has 0 fully saturated rings. The van der Waals surface area contributed by atoms with Crippen molar-refractivity contribution in [3.8, 4) is 5.75 Å². The second-order valence-electron chi connectivity index (χ2n) is 5.29. The molecule has 0 radical (unpaired) electrons. The van der Waals surface area contributed by atoms with Crippen molar-refractivity contribution in [3.05, 3.63) is 52.5 Å². The summed E-state index contributed by atoms with van der Waals surface area (Å²) in [5, 5.41) is 3.08. The Morgan fingerprint density at radius 1 is 1.20 bits per heavy atom. The van der Waals surface area contributed by atoms with E-state index >= 15 is 0 Å². The quantitative estimate of drug-likeness (QED) is 0.803. The zero-order chi connectivity index (χ0) is 18.6. The number of anilines is 1. The van der Waals surface area contributed by atoms with E-state index < -0.39 is 15.9 Å². The molecule has 2 aromatic rings. The van der Waals surface area contributed by atoms with Gasteiger partial charge in [-0.1, -0.05) is 17.7 Å². The molecule has 0 aliphatic carbocycles. The summed E-state index contributed by atoms with van der Waals surface area (Å²) in [6, 6.07) is 8.97. The molecule has 0 atom stereocenters. The zero-order valence-electron chi connectivity index (χ0n) is 14.1.